The normalized spacial score (nSPS) is 33.5. The summed E-state index contributed by atoms with van der Waals surface area (Å²) in [6.07, 6.45) is 1.58. The van der Waals surface area contributed by atoms with Crippen LogP contribution in [-0.4, -0.2) is 68.6 Å². The van der Waals surface area contributed by atoms with E-state index >= 15 is 4.39 Å². The first-order valence-corrected chi connectivity index (χ1v) is 7.83. The SMILES string of the molecule is CCOC(=O)[C@]1(F)CN(C(=O)[C@@H]2CCCOC2)CC12COC2. The van der Waals surface area contributed by atoms with Gasteiger partial charge in [-0.3, -0.25) is 4.79 Å². The number of ether oxygens (including phenoxy) is 3. The van der Waals surface area contributed by atoms with Crippen LogP contribution >= 0.6 is 0 Å². The fourth-order valence-electron chi connectivity index (χ4n) is 3.52. The van der Waals surface area contributed by atoms with Crippen molar-refractivity contribution in [2.75, 3.05) is 46.1 Å². The molecule has 3 fully saturated rings. The number of hydrogen-bond donors (Lipinski definition) is 0. The zero-order valence-electron chi connectivity index (χ0n) is 12.8. The van der Waals surface area contributed by atoms with Gasteiger partial charge in [-0.2, -0.15) is 0 Å². The van der Waals surface area contributed by atoms with E-state index in [1.165, 1.54) is 4.90 Å². The van der Waals surface area contributed by atoms with E-state index < -0.39 is 17.1 Å². The molecule has 0 aliphatic carbocycles. The second-order valence-corrected chi connectivity index (χ2v) is 6.40. The number of esters is 1. The fourth-order valence-corrected chi connectivity index (χ4v) is 3.52. The highest BCUT2D eigenvalue weighted by molar-refractivity contribution is 5.86. The summed E-state index contributed by atoms with van der Waals surface area (Å²) in [4.78, 5) is 26.1. The molecule has 2 atom stereocenters. The third-order valence-electron chi connectivity index (χ3n) is 4.92. The van der Waals surface area contributed by atoms with Crippen LogP contribution in [-0.2, 0) is 23.8 Å². The van der Waals surface area contributed by atoms with Gasteiger partial charge in [0.25, 0.3) is 0 Å². The maximum absolute atomic E-state index is 15.4. The molecule has 3 aliphatic heterocycles. The molecule has 6 nitrogen and oxygen atoms in total. The maximum atomic E-state index is 15.4. The Balaban J connectivity index is 1.76. The number of amides is 1. The monoisotopic (exact) mass is 315 g/mol. The average Bonchev–Trinajstić information content (AvgIpc) is 2.83. The Hall–Kier alpha value is -1.21. The molecule has 0 bridgehead atoms. The summed E-state index contributed by atoms with van der Waals surface area (Å²) in [5, 5.41) is 0. The summed E-state index contributed by atoms with van der Waals surface area (Å²) in [6, 6.07) is 0. The Morgan fingerprint density at radius 3 is 2.64 bits per heavy atom. The van der Waals surface area contributed by atoms with Crippen molar-refractivity contribution in [3.05, 3.63) is 0 Å². The molecule has 3 saturated heterocycles. The van der Waals surface area contributed by atoms with Gasteiger partial charge in [0.15, 0.2) is 0 Å². The van der Waals surface area contributed by atoms with Gasteiger partial charge >= 0.3 is 5.97 Å². The van der Waals surface area contributed by atoms with Crippen molar-refractivity contribution in [3.63, 3.8) is 0 Å². The van der Waals surface area contributed by atoms with E-state index in [0.29, 0.717) is 13.2 Å². The number of hydrogen-bond acceptors (Lipinski definition) is 5. The molecule has 3 heterocycles. The minimum absolute atomic E-state index is 0.117. The molecule has 0 N–H and O–H groups in total. The van der Waals surface area contributed by atoms with E-state index in [1.807, 2.05) is 0 Å². The second-order valence-electron chi connectivity index (χ2n) is 6.40. The molecule has 0 aromatic carbocycles. The van der Waals surface area contributed by atoms with Crippen LogP contribution in [0, 0.1) is 11.3 Å². The summed E-state index contributed by atoms with van der Waals surface area (Å²) >= 11 is 0. The van der Waals surface area contributed by atoms with Crippen LogP contribution in [0.4, 0.5) is 4.39 Å². The van der Waals surface area contributed by atoms with Gasteiger partial charge < -0.3 is 19.1 Å². The highest BCUT2D eigenvalue weighted by atomic mass is 19.1. The smallest absolute Gasteiger partial charge is 0.346 e. The lowest BCUT2D eigenvalue weighted by Gasteiger charge is -2.43. The van der Waals surface area contributed by atoms with Crippen molar-refractivity contribution >= 4 is 11.9 Å². The maximum Gasteiger partial charge on any atom is 0.346 e. The molecule has 0 saturated carbocycles. The molecular formula is C15H22FNO5. The Labute approximate surface area is 128 Å². The van der Waals surface area contributed by atoms with Gasteiger partial charge in [-0.05, 0) is 19.8 Å². The van der Waals surface area contributed by atoms with Crippen LogP contribution in [0.1, 0.15) is 19.8 Å². The van der Waals surface area contributed by atoms with E-state index in [4.69, 9.17) is 14.2 Å². The number of halogens is 1. The van der Waals surface area contributed by atoms with Gasteiger partial charge in [0.05, 0.1) is 44.3 Å². The second kappa shape index (κ2) is 5.77. The number of carbonyl (C=O) groups is 2. The molecule has 7 heteroatoms. The average molecular weight is 315 g/mol. The molecular weight excluding hydrogens is 293 g/mol. The summed E-state index contributed by atoms with van der Waals surface area (Å²) < 4.78 is 30.8. The third kappa shape index (κ3) is 2.31. The number of alkyl halides is 1. The van der Waals surface area contributed by atoms with Crippen molar-refractivity contribution in [1.29, 1.82) is 0 Å². The van der Waals surface area contributed by atoms with Gasteiger partial charge in [-0.25, -0.2) is 9.18 Å². The molecule has 1 spiro atoms. The van der Waals surface area contributed by atoms with Gasteiger partial charge in [-0.15, -0.1) is 0 Å². The van der Waals surface area contributed by atoms with Crippen molar-refractivity contribution in [1.82, 2.24) is 4.90 Å². The Morgan fingerprint density at radius 2 is 2.09 bits per heavy atom. The van der Waals surface area contributed by atoms with Gasteiger partial charge in [0.2, 0.25) is 11.6 Å². The predicted molar refractivity (Wildman–Crippen MR) is 73.8 cm³/mol. The minimum Gasteiger partial charge on any atom is -0.464 e. The van der Waals surface area contributed by atoms with Gasteiger partial charge in [-0.1, -0.05) is 0 Å². The highest BCUT2D eigenvalue weighted by Crippen LogP contribution is 2.49. The van der Waals surface area contributed by atoms with E-state index in [0.717, 1.165) is 12.8 Å². The van der Waals surface area contributed by atoms with Crippen molar-refractivity contribution in [2.24, 2.45) is 11.3 Å². The molecule has 0 unspecified atom stereocenters. The zero-order chi connectivity index (χ0) is 15.8. The lowest BCUT2D eigenvalue weighted by molar-refractivity contribution is -0.196. The van der Waals surface area contributed by atoms with Crippen molar-refractivity contribution in [2.45, 2.75) is 25.4 Å². The first kappa shape index (κ1) is 15.7. The number of rotatable bonds is 3. The van der Waals surface area contributed by atoms with E-state index in [-0.39, 0.29) is 44.7 Å². The summed E-state index contributed by atoms with van der Waals surface area (Å²) in [5.41, 5.74) is -3.13. The van der Waals surface area contributed by atoms with Crippen LogP contribution < -0.4 is 0 Å². The van der Waals surface area contributed by atoms with Crippen molar-refractivity contribution < 1.29 is 28.2 Å². The van der Waals surface area contributed by atoms with E-state index in [1.54, 1.807) is 6.92 Å². The number of nitrogens with zero attached hydrogens (tertiary/aromatic N) is 1. The molecule has 0 aromatic rings. The molecule has 0 radical (unpaired) electrons. The molecule has 1 amide bonds. The molecule has 22 heavy (non-hydrogen) atoms. The van der Waals surface area contributed by atoms with Crippen LogP contribution in [0.15, 0.2) is 0 Å². The van der Waals surface area contributed by atoms with Gasteiger partial charge in [0, 0.05) is 13.2 Å². The Morgan fingerprint density at radius 1 is 1.32 bits per heavy atom. The van der Waals surface area contributed by atoms with Crippen molar-refractivity contribution in [3.8, 4) is 0 Å². The summed E-state index contributed by atoms with van der Waals surface area (Å²) in [7, 11) is 0. The minimum atomic E-state index is -2.17. The van der Waals surface area contributed by atoms with Crippen LogP contribution in [0.5, 0.6) is 0 Å². The molecule has 124 valence electrons. The van der Waals surface area contributed by atoms with Crippen LogP contribution in [0.25, 0.3) is 0 Å². The topological polar surface area (TPSA) is 65.1 Å². The molecule has 3 aliphatic rings. The van der Waals surface area contributed by atoms with Crippen LogP contribution in [0.3, 0.4) is 0 Å². The Bertz CT molecular complexity index is 461. The lowest BCUT2D eigenvalue weighted by Crippen LogP contribution is -2.61. The van der Waals surface area contributed by atoms with Crippen LogP contribution in [0.2, 0.25) is 0 Å². The summed E-state index contributed by atoms with van der Waals surface area (Å²) in [5.74, 6) is -1.25. The Kier molecular flexibility index (Phi) is 4.11. The first-order chi connectivity index (χ1) is 10.5. The number of likely N-dealkylation sites (tertiary alicyclic amines) is 1. The molecule has 3 rings (SSSR count). The summed E-state index contributed by atoms with van der Waals surface area (Å²) in [6.45, 7) is 3.05. The third-order valence-corrected chi connectivity index (χ3v) is 4.92. The fraction of sp³-hybridized carbons (Fsp3) is 0.867. The van der Waals surface area contributed by atoms with Gasteiger partial charge in [0.1, 0.15) is 0 Å². The largest absolute Gasteiger partial charge is 0.464 e. The van der Waals surface area contributed by atoms with E-state index in [2.05, 4.69) is 0 Å². The first-order valence-electron chi connectivity index (χ1n) is 7.83. The standard InChI is InChI=1S/C15H22FNO5/c1-2-22-13(19)15(16)8-17(7-14(15)9-21-10-14)12(18)11-4-3-5-20-6-11/h11H,2-10H2,1H3/t11-,15-/m1/s1. The lowest BCUT2D eigenvalue weighted by atomic mass is 9.74. The van der Waals surface area contributed by atoms with E-state index in [9.17, 15) is 9.59 Å². The number of carbonyl (C=O) groups excluding carboxylic acids is 2. The quantitative estimate of drug-likeness (QED) is 0.711. The highest BCUT2D eigenvalue weighted by Gasteiger charge is 2.68. The molecule has 0 aromatic heterocycles. The predicted octanol–water partition coefficient (Wildman–Crippen LogP) is 0.543. The zero-order valence-corrected chi connectivity index (χ0v) is 12.8.